The van der Waals surface area contributed by atoms with Gasteiger partial charge in [0.05, 0.1) is 6.04 Å². The van der Waals surface area contributed by atoms with E-state index in [1.807, 2.05) is 0 Å². The summed E-state index contributed by atoms with van der Waals surface area (Å²) in [5.41, 5.74) is 11.5. The SMILES string of the molecule is Cc1cc(N)nn1C(=O)[C@H](C)N. The van der Waals surface area contributed by atoms with E-state index >= 15 is 0 Å². The van der Waals surface area contributed by atoms with Crippen molar-refractivity contribution in [3.63, 3.8) is 0 Å². The zero-order valence-electron chi connectivity index (χ0n) is 7.11. The van der Waals surface area contributed by atoms with Crippen molar-refractivity contribution >= 4 is 11.7 Å². The van der Waals surface area contributed by atoms with Crippen LogP contribution in [0.3, 0.4) is 0 Å². The third kappa shape index (κ3) is 1.45. The molecule has 4 N–H and O–H groups in total. The molecule has 0 aliphatic heterocycles. The fourth-order valence-corrected chi connectivity index (χ4v) is 0.914. The van der Waals surface area contributed by atoms with E-state index < -0.39 is 6.04 Å². The van der Waals surface area contributed by atoms with Gasteiger partial charge in [0.1, 0.15) is 5.82 Å². The zero-order chi connectivity index (χ0) is 9.30. The van der Waals surface area contributed by atoms with Gasteiger partial charge in [-0.3, -0.25) is 4.79 Å². The van der Waals surface area contributed by atoms with Crippen molar-refractivity contribution in [1.29, 1.82) is 0 Å². The predicted molar refractivity (Wildman–Crippen MR) is 45.7 cm³/mol. The summed E-state index contributed by atoms with van der Waals surface area (Å²) in [6.07, 6.45) is 0. The van der Waals surface area contributed by atoms with E-state index in [1.54, 1.807) is 19.9 Å². The second-order valence-corrected chi connectivity index (χ2v) is 2.75. The van der Waals surface area contributed by atoms with Crippen LogP contribution in [0.5, 0.6) is 0 Å². The molecule has 1 aromatic heterocycles. The lowest BCUT2D eigenvalue weighted by Gasteiger charge is -2.04. The van der Waals surface area contributed by atoms with E-state index in [9.17, 15) is 4.79 Å². The van der Waals surface area contributed by atoms with E-state index in [2.05, 4.69) is 5.10 Å². The van der Waals surface area contributed by atoms with Crippen LogP contribution in [0.4, 0.5) is 5.82 Å². The average Bonchev–Trinajstić information content (AvgIpc) is 2.28. The van der Waals surface area contributed by atoms with E-state index in [0.717, 1.165) is 0 Å². The number of carbonyl (C=O) groups excluding carboxylic acids is 1. The highest BCUT2D eigenvalue weighted by atomic mass is 16.2. The summed E-state index contributed by atoms with van der Waals surface area (Å²) in [5, 5.41) is 3.80. The highest BCUT2D eigenvalue weighted by molar-refractivity contribution is 5.83. The number of nitrogen functional groups attached to an aromatic ring is 1. The topological polar surface area (TPSA) is 86.9 Å². The molecule has 0 unspecified atom stereocenters. The Hall–Kier alpha value is -1.36. The average molecular weight is 168 g/mol. The van der Waals surface area contributed by atoms with Gasteiger partial charge in [0.25, 0.3) is 5.91 Å². The Labute approximate surface area is 70.3 Å². The molecule has 0 amide bonds. The summed E-state index contributed by atoms with van der Waals surface area (Å²) in [5.74, 6) is 0.0886. The largest absolute Gasteiger partial charge is 0.382 e. The molecule has 0 spiro atoms. The minimum Gasteiger partial charge on any atom is -0.382 e. The van der Waals surface area contributed by atoms with Gasteiger partial charge in [0.15, 0.2) is 0 Å². The van der Waals surface area contributed by atoms with Crippen LogP contribution in [0.15, 0.2) is 6.07 Å². The standard InChI is InChI=1S/C7H12N4O/c1-4-3-6(9)10-11(4)7(12)5(2)8/h3,5H,8H2,1-2H3,(H2,9,10)/t5-/m0/s1. The van der Waals surface area contributed by atoms with Gasteiger partial charge in [-0.05, 0) is 13.8 Å². The van der Waals surface area contributed by atoms with Crippen LogP contribution < -0.4 is 11.5 Å². The van der Waals surface area contributed by atoms with Crippen LogP contribution in [0.25, 0.3) is 0 Å². The van der Waals surface area contributed by atoms with E-state index in [1.165, 1.54) is 4.68 Å². The molecule has 0 aliphatic carbocycles. The van der Waals surface area contributed by atoms with Crippen molar-refractivity contribution in [2.75, 3.05) is 5.73 Å². The number of carbonyl (C=O) groups is 1. The lowest BCUT2D eigenvalue weighted by molar-refractivity contribution is 0.0868. The number of nitrogens with zero attached hydrogens (tertiary/aromatic N) is 2. The van der Waals surface area contributed by atoms with Crippen LogP contribution in [0.1, 0.15) is 17.4 Å². The minimum absolute atomic E-state index is 0.246. The van der Waals surface area contributed by atoms with Crippen molar-refractivity contribution in [2.24, 2.45) is 5.73 Å². The molecule has 12 heavy (non-hydrogen) atoms. The molecule has 5 heteroatoms. The van der Waals surface area contributed by atoms with Crippen LogP contribution in [0, 0.1) is 6.92 Å². The molecule has 0 aromatic carbocycles. The van der Waals surface area contributed by atoms with Gasteiger partial charge in [0.2, 0.25) is 0 Å². The monoisotopic (exact) mass is 168 g/mol. The number of rotatable bonds is 1. The fourth-order valence-electron chi connectivity index (χ4n) is 0.914. The van der Waals surface area contributed by atoms with Crippen molar-refractivity contribution in [3.05, 3.63) is 11.8 Å². The highest BCUT2D eigenvalue weighted by Gasteiger charge is 2.13. The maximum Gasteiger partial charge on any atom is 0.263 e. The summed E-state index contributed by atoms with van der Waals surface area (Å²) in [6, 6.07) is 1.07. The molecule has 0 saturated heterocycles. The van der Waals surface area contributed by atoms with Crippen molar-refractivity contribution in [1.82, 2.24) is 9.78 Å². The predicted octanol–water partition coefficient (Wildman–Crippen LogP) is -0.239. The van der Waals surface area contributed by atoms with Crippen molar-refractivity contribution < 1.29 is 4.79 Å². The molecule has 0 fully saturated rings. The van der Waals surface area contributed by atoms with Gasteiger partial charge in [-0.15, -0.1) is 5.10 Å². The Kier molecular flexibility index (Phi) is 2.14. The first-order valence-electron chi connectivity index (χ1n) is 3.64. The van der Waals surface area contributed by atoms with Crippen LogP contribution >= 0.6 is 0 Å². The minimum atomic E-state index is -0.553. The zero-order valence-corrected chi connectivity index (χ0v) is 7.11. The molecule has 0 aliphatic rings. The molecule has 1 atom stereocenters. The Morgan fingerprint density at radius 3 is 2.67 bits per heavy atom. The Balaban J connectivity index is 3.02. The molecule has 66 valence electrons. The Bertz CT molecular complexity index is 302. The lowest BCUT2D eigenvalue weighted by Crippen LogP contribution is -2.33. The third-order valence-electron chi connectivity index (χ3n) is 1.50. The van der Waals surface area contributed by atoms with Gasteiger partial charge in [0, 0.05) is 11.8 Å². The number of aryl methyl sites for hydroxylation is 1. The normalized spacial score (nSPS) is 12.9. The van der Waals surface area contributed by atoms with Crippen LogP contribution in [0.2, 0.25) is 0 Å². The number of hydrogen-bond donors (Lipinski definition) is 2. The quantitative estimate of drug-likeness (QED) is 0.606. The maximum absolute atomic E-state index is 11.3. The summed E-state index contributed by atoms with van der Waals surface area (Å²) < 4.78 is 1.22. The van der Waals surface area contributed by atoms with Gasteiger partial charge in [-0.1, -0.05) is 0 Å². The summed E-state index contributed by atoms with van der Waals surface area (Å²) in [6.45, 7) is 3.36. The van der Waals surface area contributed by atoms with Crippen LogP contribution in [-0.2, 0) is 0 Å². The molecule has 0 radical (unpaired) electrons. The second kappa shape index (κ2) is 2.94. The van der Waals surface area contributed by atoms with E-state index in [0.29, 0.717) is 11.5 Å². The molecule has 1 rings (SSSR count). The van der Waals surface area contributed by atoms with E-state index in [4.69, 9.17) is 11.5 Å². The Morgan fingerprint density at radius 2 is 2.33 bits per heavy atom. The molecular weight excluding hydrogens is 156 g/mol. The van der Waals surface area contributed by atoms with Crippen molar-refractivity contribution in [3.8, 4) is 0 Å². The first-order valence-corrected chi connectivity index (χ1v) is 3.64. The number of aromatic nitrogens is 2. The number of hydrogen-bond acceptors (Lipinski definition) is 4. The third-order valence-corrected chi connectivity index (χ3v) is 1.50. The van der Waals surface area contributed by atoms with Gasteiger partial charge in [-0.25, -0.2) is 4.68 Å². The second-order valence-electron chi connectivity index (χ2n) is 2.75. The van der Waals surface area contributed by atoms with Crippen molar-refractivity contribution in [2.45, 2.75) is 19.9 Å². The first-order chi connectivity index (χ1) is 5.52. The molecule has 0 bridgehead atoms. The molecular formula is C7H12N4O. The number of anilines is 1. The first kappa shape index (κ1) is 8.73. The maximum atomic E-state index is 11.3. The summed E-state index contributed by atoms with van der Waals surface area (Å²) in [4.78, 5) is 11.3. The lowest BCUT2D eigenvalue weighted by atomic mass is 10.3. The number of nitrogens with two attached hydrogens (primary N) is 2. The smallest absolute Gasteiger partial charge is 0.263 e. The summed E-state index contributed by atoms with van der Waals surface area (Å²) >= 11 is 0. The molecule has 0 saturated carbocycles. The molecule has 5 nitrogen and oxygen atoms in total. The highest BCUT2D eigenvalue weighted by Crippen LogP contribution is 2.04. The van der Waals surface area contributed by atoms with Gasteiger partial charge < -0.3 is 11.5 Å². The van der Waals surface area contributed by atoms with Crippen LogP contribution in [-0.4, -0.2) is 21.7 Å². The van der Waals surface area contributed by atoms with Gasteiger partial charge >= 0.3 is 0 Å². The van der Waals surface area contributed by atoms with Gasteiger partial charge in [-0.2, -0.15) is 0 Å². The molecule has 1 aromatic rings. The summed E-state index contributed by atoms with van der Waals surface area (Å²) in [7, 11) is 0. The Morgan fingerprint density at radius 1 is 1.75 bits per heavy atom. The van der Waals surface area contributed by atoms with E-state index in [-0.39, 0.29) is 5.91 Å². The molecule has 1 heterocycles. The fraction of sp³-hybridized carbons (Fsp3) is 0.429.